The molecule has 0 aromatic carbocycles. The Labute approximate surface area is 154 Å². The van der Waals surface area contributed by atoms with E-state index in [1.807, 2.05) is 23.6 Å². The molecule has 0 saturated carbocycles. The van der Waals surface area contributed by atoms with Crippen LogP contribution < -0.4 is 0 Å². The van der Waals surface area contributed by atoms with Gasteiger partial charge in [-0.05, 0) is 33.6 Å². The molecule has 2 amide bonds. The van der Waals surface area contributed by atoms with Crippen molar-refractivity contribution in [3.63, 3.8) is 0 Å². The van der Waals surface area contributed by atoms with Crippen LogP contribution in [0.3, 0.4) is 0 Å². The summed E-state index contributed by atoms with van der Waals surface area (Å²) in [5.41, 5.74) is 0. The van der Waals surface area contributed by atoms with Gasteiger partial charge in [-0.3, -0.25) is 0 Å². The molecule has 0 bridgehead atoms. The van der Waals surface area contributed by atoms with Crippen molar-refractivity contribution in [2.24, 2.45) is 0 Å². The third-order valence-corrected chi connectivity index (χ3v) is 5.11. The van der Waals surface area contributed by atoms with Crippen molar-refractivity contribution in [3.05, 3.63) is 24.3 Å². The molecule has 1 aliphatic rings. The van der Waals surface area contributed by atoms with Crippen LogP contribution in [0.25, 0.3) is 0 Å². The summed E-state index contributed by atoms with van der Waals surface area (Å²) in [6, 6.07) is 0.150. The summed E-state index contributed by atoms with van der Waals surface area (Å²) in [5.74, 6) is 2.26. The summed E-state index contributed by atoms with van der Waals surface area (Å²) in [6.07, 6.45) is 5.06. The lowest BCUT2D eigenvalue weighted by atomic mass is 9.96. The highest BCUT2D eigenvalue weighted by atomic mass is 16.2. The third-order valence-electron chi connectivity index (χ3n) is 5.11. The van der Waals surface area contributed by atoms with E-state index in [2.05, 4.69) is 31.8 Å². The van der Waals surface area contributed by atoms with Gasteiger partial charge in [-0.15, -0.1) is 10.2 Å². The molecule has 1 aliphatic heterocycles. The molecule has 0 radical (unpaired) electrons. The predicted molar refractivity (Wildman–Crippen MR) is 96.7 cm³/mol. The van der Waals surface area contributed by atoms with E-state index in [1.54, 1.807) is 11.0 Å². The molecule has 2 aromatic heterocycles. The molecular weight excluding hydrogens is 332 g/mol. The molecule has 9 heteroatoms. The van der Waals surface area contributed by atoms with E-state index in [9.17, 15) is 4.79 Å². The van der Waals surface area contributed by atoms with Gasteiger partial charge in [-0.2, -0.15) is 5.10 Å². The fraction of sp³-hybridized carbons (Fsp3) is 0.706. The van der Waals surface area contributed by atoms with Crippen molar-refractivity contribution < 1.29 is 4.79 Å². The maximum atomic E-state index is 12.5. The summed E-state index contributed by atoms with van der Waals surface area (Å²) in [5, 5.41) is 13.0. The molecular formula is C17H28N8O. The van der Waals surface area contributed by atoms with E-state index in [0.717, 1.165) is 57.2 Å². The summed E-state index contributed by atoms with van der Waals surface area (Å²) in [6.45, 7) is 10.6. The average Bonchev–Trinajstić information content (AvgIpc) is 3.32. The molecule has 142 valence electrons. The molecule has 9 nitrogen and oxygen atoms in total. The van der Waals surface area contributed by atoms with Gasteiger partial charge >= 0.3 is 6.03 Å². The van der Waals surface area contributed by atoms with Gasteiger partial charge in [0.25, 0.3) is 0 Å². The first-order valence-electron chi connectivity index (χ1n) is 9.46. The zero-order valence-electron chi connectivity index (χ0n) is 15.9. The summed E-state index contributed by atoms with van der Waals surface area (Å²) in [7, 11) is 0. The van der Waals surface area contributed by atoms with Crippen LogP contribution in [-0.4, -0.2) is 71.5 Å². The van der Waals surface area contributed by atoms with E-state index in [4.69, 9.17) is 0 Å². The number of carbonyl (C=O) groups excluding carboxylic acids is 1. The third kappa shape index (κ3) is 3.71. The quantitative estimate of drug-likeness (QED) is 0.781. The number of rotatable bonds is 6. The lowest BCUT2D eigenvalue weighted by Crippen LogP contribution is -2.46. The van der Waals surface area contributed by atoms with Crippen molar-refractivity contribution in [1.82, 2.24) is 39.3 Å². The molecule has 2 aromatic rings. The number of hydrogen-bond acceptors (Lipinski definition) is 5. The van der Waals surface area contributed by atoms with Gasteiger partial charge < -0.3 is 14.4 Å². The molecule has 3 heterocycles. The molecule has 26 heavy (non-hydrogen) atoms. The minimum Gasteiger partial charge on any atom is -0.325 e. The first kappa shape index (κ1) is 18.3. The number of likely N-dealkylation sites (tertiary alicyclic amines) is 1. The number of piperidine rings is 1. The minimum atomic E-state index is 0.150. The Morgan fingerprint density at radius 1 is 1.19 bits per heavy atom. The second-order valence-electron chi connectivity index (χ2n) is 6.53. The van der Waals surface area contributed by atoms with Crippen molar-refractivity contribution >= 4 is 6.03 Å². The highest BCUT2D eigenvalue weighted by Gasteiger charge is 2.29. The van der Waals surface area contributed by atoms with Gasteiger partial charge in [0.1, 0.15) is 25.0 Å². The van der Waals surface area contributed by atoms with Crippen molar-refractivity contribution in [3.8, 4) is 0 Å². The van der Waals surface area contributed by atoms with Crippen LogP contribution in [-0.2, 0) is 13.1 Å². The maximum absolute atomic E-state index is 12.5. The number of nitrogens with zero attached hydrogens (tertiary/aromatic N) is 8. The SMILES string of the molecule is CCN(CC)C(=O)N1CCC(c2nnc(Cn3cncn3)n2CC)CC1. The number of amides is 2. The topological polar surface area (TPSA) is 85.0 Å². The zero-order valence-corrected chi connectivity index (χ0v) is 15.9. The fourth-order valence-corrected chi connectivity index (χ4v) is 3.60. The first-order valence-corrected chi connectivity index (χ1v) is 9.46. The van der Waals surface area contributed by atoms with Gasteiger partial charge in [0.15, 0.2) is 5.82 Å². The van der Waals surface area contributed by atoms with Crippen molar-refractivity contribution in [2.75, 3.05) is 26.2 Å². The normalized spacial score (nSPS) is 15.4. The van der Waals surface area contributed by atoms with E-state index >= 15 is 0 Å². The van der Waals surface area contributed by atoms with Crippen molar-refractivity contribution in [1.29, 1.82) is 0 Å². The average molecular weight is 360 g/mol. The second-order valence-corrected chi connectivity index (χ2v) is 6.53. The lowest BCUT2D eigenvalue weighted by molar-refractivity contribution is 0.143. The molecule has 0 atom stereocenters. The van der Waals surface area contributed by atoms with Crippen molar-refractivity contribution in [2.45, 2.75) is 52.6 Å². The maximum Gasteiger partial charge on any atom is 0.319 e. The van der Waals surface area contributed by atoms with Gasteiger partial charge in [-0.25, -0.2) is 14.5 Å². The summed E-state index contributed by atoms with van der Waals surface area (Å²) in [4.78, 5) is 20.3. The Bertz CT molecular complexity index is 698. The van der Waals surface area contributed by atoms with Gasteiger partial charge in [0.05, 0.1) is 0 Å². The number of carbonyl (C=O) groups is 1. The monoisotopic (exact) mass is 360 g/mol. The number of urea groups is 1. The van der Waals surface area contributed by atoms with Crippen LogP contribution in [0.4, 0.5) is 4.79 Å². The Balaban J connectivity index is 1.66. The van der Waals surface area contributed by atoms with Gasteiger partial charge in [-0.1, -0.05) is 0 Å². The fourth-order valence-electron chi connectivity index (χ4n) is 3.60. The van der Waals surface area contributed by atoms with E-state index in [0.29, 0.717) is 12.5 Å². The largest absolute Gasteiger partial charge is 0.325 e. The van der Waals surface area contributed by atoms with Crippen LogP contribution in [0.1, 0.15) is 51.2 Å². The summed E-state index contributed by atoms with van der Waals surface area (Å²) < 4.78 is 3.93. The summed E-state index contributed by atoms with van der Waals surface area (Å²) >= 11 is 0. The number of hydrogen-bond donors (Lipinski definition) is 0. The van der Waals surface area contributed by atoms with E-state index in [1.165, 1.54) is 6.33 Å². The standard InChI is InChI=1S/C17H28N8O/c1-4-22(5-2)17(26)23-9-7-14(8-10-23)16-21-20-15(25(16)6-3)11-24-13-18-12-19-24/h12-14H,4-11H2,1-3H3. The van der Waals surface area contributed by atoms with Crippen LogP contribution in [0.2, 0.25) is 0 Å². The molecule has 3 rings (SSSR count). The highest BCUT2D eigenvalue weighted by molar-refractivity contribution is 5.74. The molecule has 0 spiro atoms. The van der Waals surface area contributed by atoms with Crippen LogP contribution in [0.15, 0.2) is 12.7 Å². The Morgan fingerprint density at radius 2 is 1.92 bits per heavy atom. The van der Waals surface area contributed by atoms with Crippen LogP contribution in [0.5, 0.6) is 0 Å². The predicted octanol–water partition coefficient (Wildman–Crippen LogP) is 1.58. The van der Waals surface area contributed by atoms with Crippen LogP contribution in [0, 0.1) is 0 Å². The molecule has 1 saturated heterocycles. The van der Waals surface area contributed by atoms with Gasteiger partial charge in [0, 0.05) is 38.6 Å². The van der Waals surface area contributed by atoms with Crippen LogP contribution >= 0.6 is 0 Å². The Morgan fingerprint density at radius 3 is 2.50 bits per heavy atom. The van der Waals surface area contributed by atoms with E-state index < -0.39 is 0 Å². The van der Waals surface area contributed by atoms with Gasteiger partial charge in [0.2, 0.25) is 0 Å². The first-order chi connectivity index (χ1) is 12.7. The smallest absolute Gasteiger partial charge is 0.319 e. The zero-order chi connectivity index (χ0) is 18.5. The van der Waals surface area contributed by atoms with E-state index in [-0.39, 0.29) is 6.03 Å². The Hall–Kier alpha value is -2.45. The molecule has 0 unspecified atom stereocenters. The molecule has 0 N–H and O–H groups in total. The molecule has 1 fully saturated rings. The lowest BCUT2D eigenvalue weighted by Gasteiger charge is -2.35. The molecule has 0 aliphatic carbocycles. The Kier molecular flexibility index (Phi) is 5.85. The number of aromatic nitrogens is 6. The second kappa shape index (κ2) is 8.29. The highest BCUT2D eigenvalue weighted by Crippen LogP contribution is 2.28. The minimum absolute atomic E-state index is 0.150.